The summed E-state index contributed by atoms with van der Waals surface area (Å²) >= 11 is 5.79. The summed E-state index contributed by atoms with van der Waals surface area (Å²) in [5.74, 6) is -0.773. The maximum absolute atomic E-state index is 12.8. The number of hydrogen-bond donors (Lipinski definition) is 2. The minimum Gasteiger partial charge on any atom is -0.370 e. The van der Waals surface area contributed by atoms with Crippen LogP contribution in [0.15, 0.2) is 23.2 Å². The van der Waals surface area contributed by atoms with E-state index in [9.17, 15) is 9.18 Å². The minimum absolute atomic E-state index is 0.0467. The van der Waals surface area contributed by atoms with Crippen molar-refractivity contribution in [2.45, 2.75) is 6.04 Å². The number of amides is 1. The smallest absolute Gasteiger partial charge is 0.256 e. The molecular weight excluding hydrogens is 221 g/mol. The molecule has 78 valence electrons. The van der Waals surface area contributed by atoms with E-state index < -0.39 is 11.9 Å². The fourth-order valence-corrected chi connectivity index (χ4v) is 1.63. The van der Waals surface area contributed by atoms with Crippen LogP contribution in [0.2, 0.25) is 5.02 Å². The molecule has 1 unspecified atom stereocenters. The predicted octanol–water partition coefficient (Wildman–Crippen LogP) is 0.965. The van der Waals surface area contributed by atoms with Crippen molar-refractivity contribution in [2.24, 2.45) is 10.7 Å². The normalized spacial score (nSPS) is 20.0. The maximum Gasteiger partial charge on any atom is 0.256 e. The van der Waals surface area contributed by atoms with Crippen LogP contribution in [0.5, 0.6) is 0 Å². The molecule has 1 heterocycles. The molecule has 0 fully saturated rings. The summed E-state index contributed by atoms with van der Waals surface area (Å²) < 4.78 is 12.8. The van der Waals surface area contributed by atoms with Crippen LogP contribution in [0, 0.1) is 5.82 Å². The van der Waals surface area contributed by atoms with Crippen LogP contribution in [0.3, 0.4) is 0 Å². The van der Waals surface area contributed by atoms with Gasteiger partial charge in [-0.2, -0.15) is 0 Å². The van der Waals surface area contributed by atoms with Crippen LogP contribution in [0.1, 0.15) is 11.6 Å². The lowest BCUT2D eigenvalue weighted by Gasteiger charge is -2.06. The molecule has 0 saturated heterocycles. The van der Waals surface area contributed by atoms with E-state index in [0.717, 1.165) is 6.07 Å². The summed E-state index contributed by atoms with van der Waals surface area (Å²) in [6.07, 6.45) is 0. The largest absolute Gasteiger partial charge is 0.370 e. The second-order valence-electron chi connectivity index (χ2n) is 3.07. The second-order valence-corrected chi connectivity index (χ2v) is 3.48. The molecule has 15 heavy (non-hydrogen) atoms. The van der Waals surface area contributed by atoms with Gasteiger partial charge in [-0.05, 0) is 12.1 Å². The lowest BCUT2D eigenvalue weighted by Crippen LogP contribution is -2.31. The molecule has 4 nitrogen and oxygen atoms in total. The van der Waals surface area contributed by atoms with Crippen LogP contribution < -0.4 is 11.1 Å². The summed E-state index contributed by atoms with van der Waals surface area (Å²) in [6, 6.07) is 3.00. The zero-order chi connectivity index (χ0) is 11.0. The summed E-state index contributed by atoms with van der Waals surface area (Å²) in [6.45, 7) is 0. The number of halogens is 2. The Balaban J connectivity index is 2.42. The van der Waals surface area contributed by atoms with Crippen molar-refractivity contribution >= 4 is 23.5 Å². The Kier molecular flexibility index (Phi) is 2.32. The Labute approximate surface area is 89.9 Å². The van der Waals surface area contributed by atoms with E-state index in [1.807, 2.05) is 0 Å². The fraction of sp³-hybridized carbons (Fsp3) is 0.111. The number of nitrogens with zero attached hydrogens (tertiary/aromatic N) is 1. The van der Waals surface area contributed by atoms with Gasteiger partial charge >= 0.3 is 0 Å². The molecule has 1 aliphatic rings. The first-order valence-electron chi connectivity index (χ1n) is 4.17. The molecule has 1 amide bonds. The van der Waals surface area contributed by atoms with E-state index in [0.29, 0.717) is 5.56 Å². The average molecular weight is 228 g/mol. The van der Waals surface area contributed by atoms with Crippen molar-refractivity contribution in [1.82, 2.24) is 5.32 Å². The number of rotatable bonds is 1. The zero-order valence-electron chi connectivity index (χ0n) is 7.50. The van der Waals surface area contributed by atoms with Gasteiger partial charge in [0.1, 0.15) is 5.82 Å². The van der Waals surface area contributed by atoms with Crippen LogP contribution in [-0.4, -0.2) is 11.9 Å². The number of benzene rings is 1. The van der Waals surface area contributed by atoms with Gasteiger partial charge in [0.25, 0.3) is 5.91 Å². The molecule has 0 bridgehead atoms. The highest BCUT2D eigenvalue weighted by Gasteiger charge is 2.28. The van der Waals surface area contributed by atoms with Gasteiger partial charge in [-0.25, -0.2) is 9.38 Å². The van der Waals surface area contributed by atoms with Gasteiger partial charge in [0.15, 0.2) is 12.0 Å². The highest BCUT2D eigenvalue weighted by Crippen LogP contribution is 2.28. The lowest BCUT2D eigenvalue weighted by atomic mass is 10.1. The fourth-order valence-electron chi connectivity index (χ4n) is 1.36. The van der Waals surface area contributed by atoms with E-state index in [2.05, 4.69) is 10.3 Å². The van der Waals surface area contributed by atoms with Crippen LogP contribution >= 0.6 is 11.6 Å². The van der Waals surface area contributed by atoms with Gasteiger partial charge in [0.05, 0.1) is 0 Å². The number of carbonyl (C=O) groups is 1. The van der Waals surface area contributed by atoms with Crippen molar-refractivity contribution in [3.8, 4) is 0 Å². The number of aliphatic imine (C=N–C) groups is 1. The Morgan fingerprint density at radius 2 is 2.27 bits per heavy atom. The third kappa shape index (κ3) is 1.78. The highest BCUT2D eigenvalue weighted by molar-refractivity contribution is 6.31. The first kappa shape index (κ1) is 9.92. The quantitative estimate of drug-likeness (QED) is 0.751. The molecule has 3 N–H and O–H groups in total. The zero-order valence-corrected chi connectivity index (χ0v) is 8.25. The van der Waals surface area contributed by atoms with E-state index in [-0.39, 0.29) is 16.9 Å². The summed E-state index contributed by atoms with van der Waals surface area (Å²) in [5.41, 5.74) is 5.77. The monoisotopic (exact) mass is 227 g/mol. The summed E-state index contributed by atoms with van der Waals surface area (Å²) in [5, 5.41) is 2.50. The Morgan fingerprint density at radius 1 is 1.53 bits per heavy atom. The van der Waals surface area contributed by atoms with Crippen LogP contribution in [-0.2, 0) is 4.79 Å². The van der Waals surface area contributed by atoms with Crippen molar-refractivity contribution < 1.29 is 9.18 Å². The molecule has 0 saturated carbocycles. The number of hydrogen-bond acceptors (Lipinski definition) is 3. The minimum atomic E-state index is -0.780. The topological polar surface area (TPSA) is 67.5 Å². The molecule has 6 heteroatoms. The highest BCUT2D eigenvalue weighted by atomic mass is 35.5. The van der Waals surface area contributed by atoms with Crippen molar-refractivity contribution in [3.05, 3.63) is 34.6 Å². The molecule has 0 radical (unpaired) electrons. The SMILES string of the molecule is NC1=NC(c2ccc(F)cc2Cl)C(=O)N1. The third-order valence-electron chi connectivity index (χ3n) is 2.02. The lowest BCUT2D eigenvalue weighted by molar-refractivity contribution is -0.120. The Morgan fingerprint density at radius 3 is 2.80 bits per heavy atom. The first-order valence-corrected chi connectivity index (χ1v) is 4.55. The van der Waals surface area contributed by atoms with Crippen molar-refractivity contribution in [2.75, 3.05) is 0 Å². The molecular formula is C9H7ClFN3O. The van der Waals surface area contributed by atoms with Crippen LogP contribution in [0.25, 0.3) is 0 Å². The molecule has 1 aromatic carbocycles. The molecule has 1 aromatic rings. The third-order valence-corrected chi connectivity index (χ3v) is 2.35. The van der Waals surface area contributed by atoms with Gasteiger partial charge in [-0.3, -0.25) is 10.1 Å². The molecule has 0 aromatic heterocycles. The Bertz CT molecular complexity index is 461. The predicted molar refractivity (Wildman–Crippen MR) is 53.9 cm³/mol. The average Bonchev–Trinajstić information content (AvgIpc) is 2.45. The summed E-state index contributed by atoms with van der Waals surface area (Å²) in [4.78, 5) is 15.2. The Hall–Kier alpha value is -1.62. The summed E-state index contributed by atoms with van der Waals surface area (Å²) in [7, 11) is 0. The molecule has 1 aliphatic heterocycles. The van der Waals surface area contributed by atoms with Crippen molar-refractivity contribution in [1.29, 1.82) is 0 Å². The van der Waals surface area contributed by atoms with Crippen LogP contribution in [0.4, 0.5) is 4.39 Å². The van der Waals surface area contributed by atoms with Gasteiger partial charge in [-0.15, -0.1) is 0 Å². The molecule has 0 aliphatic carbocycles. The van der Waals surface area contributed by atoms with Gasteiger partial charge < -0.3 is 5.73 Å². The van der Waals surface area contributed by atoms with E-state index >= 15 is 0 Å². The number of nitrogens with one attached hydrogen (secondary N) is 1. The second kappa shape index (κ2) is 3.51. The number of guanidine groups is 1. The van der Waals surface area contributed by atoms with Gasteiger partial charge in [0, 0.05) is 10.6 Å². The van der Waals surface area contributed by atoms with Crippen molar-refractivity contribution in [3.63, 3.8) is 0 Å². The van der Waals surface area contributed by atoms with E-state index in [4.69, 9.17) is 17.3 Å². The molecule has 2 rings (SSSR count). The number of carbonyl (C=O) groups excluding carboxylic acids is 1. The van der Waals surface area contributed by atoms with E-state index in [1.54, 1.807) is 0 Å². The van der Waals surface area contributed by atoms with Gasteiger partial charge in [-0.1, -0.05) is 17.7 Å². The maximum atomic E-state index is 12.8. The molecule has 1 atom stereocenters. The number of nitrogens with two attached hydrogens (primary N) is 1. The standard InChI is InChI=1S/C9H7ClFN3O/c10-6-3-4(11)1-2-5(6)7-8(15)14-9(12)13-7/h1-3,7H,(H3,12,13,14,15). The van der Waals surface area contributed by atoms with Gasteiger partial charge in [0.2, 0.25) is 0 Å². The first-order chi connectivity index (χ1) is 7.08. The van der Waals surface area contributed by atoms with E-state index in [1.165, 1.54) is 12.1 Å². The molecule has 0 spiro atoms.